The van der Waals surface area contributed by atoms with Gasteiger partial charge in [0, 0.05) is 0 Å². The van der Waals surface area contributed by atoms with Crippen LogP contribution in [-0.4, -0.2) is 8.42 Å². The molecule has 0 saturated carbocycles. The third kappa shape index (κ3) is 3.09. The number of hydrogen-bond acceptors (Lipinski definition) is 2. The summed E-state index contributed by atoms with van der Waals surface area (Å²) in [6.07, 6.45) is -4.60. The summed E-state index contributed by atoms with van der Waals surface area (Å²) in [5, 5.41) is -0.264. The highest BCUT2D eigenvalue weighted by molar-refractivity contribution is 9.47. The minimum absolute atomic E-state index is 0.264. The van der Waals surface area contributed by atoms with Gasteiger partial charge in [-0.05, 0) is 18.2 Å². The van der Waals surface area contributed by atoms with Crippen molar-refractivity contribution >= 4 is 34.7 Å². The Morgan fingerprint density at radius 1 is 1.27 bits per heavy atom. The lowest BCUT2D eigenvalue weighted by atomic mass is 10.2. The Kier molecular flexibility index (Phi) is 3.37. The minimum atomic E-state index is -4.60. The molecule has 0 aromatic heterocycles. The quantitative estimate of drug-likeness (QED) is 0.742. The number of benzene rings is 1. The molecule has 0 heterocycles. The molecule has 0 aliphatic rings. The fraction of sp³-hybridized carbons (Fsp3) is 0.143. The van der Waals surface area contributed by atoms with Gasteiger partial charge < -0.3 is 0 Å². The summed E-state index contributed by atoms with van der Waals surface area (Å²) in [6, 6.07) is 2.08. The van der Waals surface area contributed by atoms with Crippen LogP contribution in [0.4, 0.5) is 13.2 Å². The predicted octanol–water partition coefficient (Wildman–Crippen LogP) is 3.44. The Morgan fingerprint density at radius 2 is 1.80 bits per heavy atom. The van der Waals surface area contributed by atoms with Crippen molar-refractivity contribution in [2.45, 2.75) is 11.1 Å². The van der Waals surface area contributed by atoms with E-state index in [0.717, 1.165) is 6.07 Å². The molecular weight excluding hydrogens is 320 g/mol. The second-order valence-electron chi connectivity index (χ2n) is 2.58. The van der Waals surface area contributed by atoms with Crippen LogP contribution in [0.1, 0.15) is 5.56 Å². The van der Waals surface area contributed by atoms with Crippen LogP contribution in [0.2, 0.25) is 5.02 Å². The molecule has 0 saturated heterocycles. The van der Waals surface area contributed by atoms with Crippen molar-refractivity contribution in [3.8, 4) is 0 Å². The van der Waals surface area contributed by atoms with Crippen LogP contribution in [0.15, 0.2) is 23.1 Å². The standard InChI is InChI=1S/C7H3BrClF3O2S/c8-15(13,14)6-3-4(7(10,11)12)1-2-5(6)9/h1-3H. The highest BCUT2D eigenvalue weighted by Crippen LogP contribution is 2.34. The molecule has 0 fully saturated rings. The molecule has 0 unspecified atom stereocenters. The topological polar surface area (TPSA) is 34.1 Å². The van der Waals surface area contributed by atoms with Gasteiger partial charge in [-0.25, -0.2) is 8.42 Å². The average Bonchev–Trinajstić information content (AvgIpc) is 2.00. The second-order valence-corrected chi connectivity index (χ2v) is 6.86. The van der Waals surface area contributed by atoms with Gasteiger partial charge in [0.1, 0.15) is 0 Å². The zero-order valence-electron chi connectivity index (χ0n) is 6.85. The Morgan fingerprint density at radius 3 is 2.20 bits per heavy atom. The van der Waals surface area contributed by atoms with E-state index in [0.29, 0.717) is 12.1 Å². The number of halogens is 5. The third-order valence-corrected chi connectivity index (χ3v) is 3.87. The lowest BCUT2D eigenvalue weighted by molar-refractivity contribution is -0.137. The predicted molar refractivity (Wildman–Crippen MR) is 52.6 cm³/mol. The highest BCUT2D eigenvalue weighted by Gasteiger charge is 2.32. The fourth-order valence-electron chi connectivity index (χ4n) is 0.867. The van der Waals surface area contributed by atoms with Crippen molar-refractivity contribution in [3.63, 3.8) is 0 Å². The molecule has 0 bridgehead atoms. The van der Waals surface area contributed by atoms with Gasteiger partial charge in [0.2, 0.25) is 8.27 Å². The van der Waals surface area contributed by atoms with Crippen LogP contribution >= 0.6 is 26.4 Å². The summed E-state index contributed by atoms with van der Waals surface area (Å²) in [4.78, 5) is -0.598. The van der Waals surface area contributed by atoms with E-state index in [-0.39, 0.29) is 5.02 Å². The first kappa shape index (κ1) is 12.8. The summed E-state index contributed by atoms with van der Waals surface area (Å²) in [6.45, 7) is 0. The number of hydrogen-bond donors (Lipinski definition) is 0. The van der Waals surface area contributed by atoms with Gasteiger partial charge in [-0.2, -0.15) is 13.2 Å². The first-order valence-electron chi connectivity index (χ1n) is 3.44. The molecule has 0 aliphatic heterocycles. The minimum Gasteiger partial charge on any atom is -0.212 e. The molecule has 2 nitrogen and oxygen atoms in total. The lowest BCUT2D eigenvalue weighted by Crippen LogP contribution is -2.06. The zero-order valence-corrected chi connectivity index (χ0v) is 10.0. The molecule has 1 aromatic carbocycles. The van der Waals surface area contributed by atoms with Crippen molar-refractivity contribution in [2.75, 3.05) is 0 Å². The van der Waals surface area contributed by atoms with Gasteiger partial charge >= 0.3 is 6.18 Å². The molecule has 0 amide bonds. The summed E-state index contributed by atoms with van der Waals surface area (Å²) < 4.78 is 58.7. The molecule has 1 rings (SSSR count). The normalized spacial score (nSPS) is 12.9. The molecule has 0 atom stereocenters. The smallest absolute Gasteiger partial charge is 0.212 e. The Hall–Kier alpha value is -0.270. The van der Waals surface area contributed by atoms with Crippen molar-refractivity contribution in [1.29, 1.82) is 0 Å². The molecule has 0 spiro atoms. The summed E-state index contributed by atoms with van der Waals surface area (Å²) in [5.41, 5.74) is -1.06. The van der Waals surface area contributed by atoms with Gasteiger partial charge in [-0.15, -0.1) is 0 Å². The molecule has 8 heteroatoms. The summed E-state index contributed by atoms with van der Waals surface area (Å²) in [7, 11) is -3.94. The van der Waals surface area contributed by atoms with Gasteiger partial charge in [-0.1, -0.05) is 11.6 Å². The van der Waals surface area contributed by atoms with Gasteiger partial charge in [-0.3, -0.25) is 0 Å². The van der Waals surface area contributed by atoms with Crippen LogP contribution < -0.4 is 0 Å². The van der Waals surface area contributed by atoms with Crippen molar-refractivity contribution in [3.05, 3.63) is 28.8 Å². The van der Waals surface area contributed by atoms with E-state index in [1.54, 1.807) is 0 Å². The monoisotopic (exact) mass is 322 g/mol. The first-order chi connectivity index (χ1) is 6.62. The largest absolute Gasteiger partial charge is 0.416 e. The van der Waals surface area contributed by atoms with Crippen molar-refractivity contribution < 1.29 is 21.6 Å². The van der Waals surface area contributed by atoms with E-state index >= 15 is 0 Å². The Balaban J connectivity index is 3.43. The molecule has 0 aliphatic carbocycles. The Bertz CT molecular complexity index is 483. The molecule has 0 N–H and O–H groups in total. The maximum Gasteiger partial charge on any atom is 0.416 e. The summed E-state index contributed by atoms with van der Waals surface area (Å²) in [5.74, 6) is 0. The van der Waals surface area contributed by atoms with Crippen LogP contribution in [0, 0.1) is 0 Å². The molecule has 84 valence electrons. The highest BCUT2D eigenvalue weighted by atomic mass is 79.9. The maximum absolute atomic E-state index is 12.2. The summed E-state index contributed by atoms with van der Waals surface area (Å²) >= 11 is 7.71. The van der Waals surface area contributed by atoms with Crippen LogP contribution in [-0.2, 0) is 14.4 Å². The van der Waals surface area contributed by atoms with Crippen molar-refractivity contribution in [2.24, 2.45) is 0 Å². The third-order valence-electron chi connectivity index (χ3n) is 1.52. The molecular formula is C7H3BrClF3O2S. The number of rotatable bonds is 1. The molecule has 15 heavy (non-hydrogen) atoms. The van der Waals surface area contributed by atoms with E-state index < -0.39 is 24.9 Å². The first-order valence-corrected chi connectivity index (χ1v) is 7.14. The zero-order chi connectivity index (χ0) is 11.9. The van der Waals surface area contributed by atoms with Gasteiger partial charge in [0.05, 0.1) is 30.3 Å². The van der Waals surface area contributed by atoms with E-state index in [4.69, 9.17) is 11.6 Å². The van der Waals surface area contributed by atoms with E-state index in [9.17, 15) is 21.6 Å². The van der Waals surface area contributed by atoms with E-state index in [2.05, 4.69) is 14.8 Å². The molecule has 0 radical (unpaired) electrons. The van der Waals surface area contributed by atoms with E-state index in [1.165, 1.54) is 0 Å². The second kappa shape index (κ2) is 3.95. The van der Waals surface area contributed by atoms with Crippen LogP contribution in [0.25, 0.3) is 0 Å². The van der Waals surface area contributed by atoms with Crippen LogP contribution in [0.3, 0.4) is 0 Å². The van der Waals surface area contributed by atoms with Crippen LogP contribution in [0.5, 0.6) is 0 Å². The van der Waals surface area contributed by atoms with Gasteiger partial charge in [0.25, 0.3) is 0 Å². The fourth-order valence-corrected chi connectivity index (χ4v) is 2.94. The maximum atomic E-state index is 12.2. The van der Waals surface area contributed by atoms with Crippen molar-refractivity contribution in [1.82, 2.24) is 0 Å². The SMILES string of the molecule is O=S(=O)(Br)c1cc(C(F)(F)F)ccc1Cl. The number of alkyl halides is 3. The van der Waals surface area contributed by atoms with E-state index in [1.807, 2.05) is 0 Å². The Labute approximate surface area is 96.2 Å². The molecule has 1 aromatic rings. The average molecular weight is 324 g/mol. The van der Waals surface area contributed by atoms with Gasteiger partial charge in [0.15, 0.2) is 0 Å². The lowest BCUT2D eigenvalue weighted by Gasteiger charge is -2.08.